The van der Waals surface area contributed by atoms with Gasteiger partial charge in [0.1, 0.15) is 10.6 Å². The molecule has 0 amide bonds. The summed E-state index contributed by atoms with van der Waals surface area (Å²) in [5.41, 5.74) is 0. The van der Waals surface area contributed by atoms with Gasteiger partial charge in [0.15, 0.2) is 5.82 Å². The van der Waals surface area contributed by atoms with Crippen molar-refractivity contribution in [3.05, 3.63) is 17.3 Å². The van der Waals surface area contributed by atoms with E-state index in [1.807, 2.05) is 0 Å². The Hall–Kier alpha value is -1.40. The van der Waals surface area contributed by atoms with Gasteiger partial charge in [0.2, 0.25) is 0 Å². The zero-order chi connectivity index (χ0) is 11.7. The van der Waals surface area contributed by atoms with E-state index in [-0.39, 0.29) is 11.9 Å². The van der Waals surface area contributed by atoms with Crippen molar-refractivity contribution in [2.45, 2.75) is 25.4 Å². The second-order valence-electron chi connectivity index (χ2n) is 3.99. The molecule has 0 saturated carbocycles. The average molecular weight is 252 g/mol. The number of ether oxygens (including phenoxy) is 1. The maximum Gasteiger partial charge on any atom is 0.271 e. The normalized spacial score (nSPS) is 19.9. The summed E-state index contributed by atoms with van der Waals surface area (Å²) in [5, 5.41) is 15.2. The Kier molecular flexibility index (Phi) is 2.82. The Bertz CT molecular complexity index is 502. The minimum atomic E-state index is 0.183. The summed E-state index contributed by atoms with van der Waals surface area (Å²) in [6.07, 6.45) is 3.03. The minimum absolute atomic E-state index is 0.183. The van der Waals surface area contributed by atoms with E-state index in [1.165, 1.54) is 11.3 Å². The van der Waals surface area contributed by atoms with Crippen molar-refractivity contribution in [2.75, 3.05) is 6.61 Å². The van der Waals surface area contributed by atoms with Crippen molar-refractivity contribution in [3.63, 3.8) is 0 Å². The second-order valence-corrected chi connectivity index (χ2v) is 4.91. The molecule has 2 aromatic rings. The molecule has 3 heterocycles. The van der Waals surface area contributed by atoms with Crippen LogP contribution >= 0.6 is 11.3 Å². The van der Waals surface area contributed by atoms with Crippen molar-refractivity contribution in [3.8, 4) is 16.5 Å². The van der Waals surface area contributed by atoms with Gasteiger partial charge in [-0.3, -0.25) is 0 Å². The fraction of sp³-hybridized carbons (Fsp3) is 0.455. The van der Waals surface area contributed by atoms with Gasteiger partial charge in [0.25, 0.3) is 5.89 Å². The fourth-order valence-electron chi connectivity index (χ4n) is 1.90. The lowest BCUT2D eigenvalue weighted by molar-refractivity contribution is 0.109. The van der Waals surface area contributed by atoms with Crippen LogP contribution in [0.25, 0.3) is 10.8 Å². The van der Waals surface area contributed by atoms with E-state index in [0.717, 1.165) is 19.4 Å². The lowest BCUT2D eigenvalue weighted by Gasteiger charge is -2.03. The molecule has 0 aromatic carbocycles. The van der Waals surface area contributed by atoms with Crippen molar-refractivity contribution >= 4 is 11.3 Å². The zero-order valence-corrected chi connectivity index (χ0v) is 9.94. The maximum atomic E-state index is 9.56. The van der Waals surface area contributed by atoms with Crippen LogP contribution in [0.2, 0.25) is 0 Å². The van der Waals surface area contributed by atoms with Gasteiger partial charge in [-0.05, 0) is 24.3 Å². The molecule has 2 aromatic heterocycles. The largest absolute Gasteiger partial charge is 0.506 e. The van der Waals surface area contributed by atoms with Gasteiger partial charge in [0, 0.05) is 13.0 Å². The average Bonchev–Trinajstić information content (AvgIpc) is 3.00. The second kappa shape index (κ2) is 4.46. The smallest absolute Gasteiger partial charge is 0.271 e. The van der Waals surface area contributed by atoms with Gasteiger partial charge in [-0.15, -0.1) is 11.3 Å². The Labute approximate surface area is 102 Å². The molecule has 1 atom stereocenters. The van der Waals surface area contributed by atoms with Crippen LogP contribution in [-0.2, 0) is 11.2 Å². The molecule has 1 unspecified atom stereocenters. The van der Waals surface area contributed by atoms with Crippen LogP contribution in [0.4, 0.5) is 0 Å². The standard InChI is InChI=1S/C11H12N2O3S/c14-8-3-5-17-10(8)11-12-9(13-16-11)6-7-2-1-4-15-7/h3,5,7,14H,1-2,4,6H2. The number of hydrogen-bond acceptors (Lipinski definition) is 6. The molecule has 0 spiro atoms. The van der Waals surface area contributed by atoms with Crippen LogP contribution in [0.5, 0.6) is 5.75 Å². The topological polar surface area (TPSA) is 68.4 Å². The molecule has 3 rings (SSSR count). The number of rotatable bonds is 3. The van der Waals surface area contributed by atoms with Crippen LogP contribution < -0.4 is 0 Å². The maximum absolute atomic E-state index is 9.56. The Morgan fingerprint density at radius 1 is 1.53 bits per heavy atom. The van der Waals surface area contributed by atoms with E-state index in [1.54, 1.807) is 11.4 Å². The van der Waals surface area contributed by atoms with E-state index in [2.05, 4.69) is 10.1 Å². The molecule has 1 aliphatic rings. The lowest BCUT2D eigenvalue weighted by Crippen LogP contribution is -2.09. The monoisotopic (exact) mass is 252 g/mol. The highest BCUT2D eigenvalue weighted by Crippen LogP contribution is 2.33. The van der Waals surface area contributed by atoms with Crippen LogP contribution in [0, 0.1) is 0 Å². The lowest BCUT2D eigenvalue weighted by atomic mass is 10.2. The third-order valence-corrected chi connectivity index (χ3v) is 3.63. The molecule has 0 aliphatic carbocycles. The third-order valence-electron chi connectivity index (χ3n) is 2.74. The summed E-state index contributed by atoms with van der Waals surface area (Å²) < 4.78 is 10.6. The van der Waals surface area contributed by atoms with Gasteiger partial charge >= 0.3 is 0 Å². The van der Waals surface area contributed by atoms with Crippen LogP contribution in [0.3, 0.4) is 0 Å². The minimum Gasteiger partial charge on any atom is -0.506 e. The predicted octanol–water partition coefficient (Wildman–Crippen LogP) is 2.23. The molecule has 90 valence electrons. The first-order valence-corrected chi connectivity index (χ1v) is 6.42. The van der Waals surface area contributed by atoms with Gasteiger partial charge in [-0.2, -0.15) is 4.98 Å². The van der Waals surface area contributed by atoms with Crippen molar-refractivity contribution in [1.29, 1.82) is 0 Å². The highest BCUT2D eigenvalue weighted by molar-refractivity contribution is 7.13. The van der Waals surface area contributed by atoms with E-state index in [4.69, 9.17) is 9.26 Å². The first-order chi connectivity index (χ1) is 8.33. The van der Waals surface area contributed by atoms with E-state index in [0.29, 0.717) is 23.0 Å². The predicted molar refractivity (Wildman–Crippen MR) is 62.0 cm³/mol. The van der Waals surface area contributed by atoms with Gasteiger partial charge in [-0.1, -0.05) is 5.16 Å². The zero-order valence-electron chi connectivity index (χ0n) is 9.13. The van der Waals surface area contributed by atoms with Crippen LogP contribution in [0.15, 0.2) is 16.0 Å². The first kappa shape index (κ1) is 10.7. The van der Waals surface area contributed by atoms with Gasteiger partial charge < -0.3 is 14.4 Å². The van der Waals surface area contributed by atoms with Gasteiger partial charge in [-0.25, -0.2) is 0 Å². The molecule has 17 heavy (non-hydrogen) atoms. The number of hydrogen-bond donors (Lipinski definition) is 1. The fourth-order valence-corrected chi connectivity index (χ4v) is 2.61. The molecule has 1 fully saturated rings. The quantitative estimate of drug-likeness (QED) is 0.907. The molecule has 0 radical (unpaired) electrons. The molecule has 1 aliphatic heterocycles. The Morgan fingerprint density at radius 3 is 3.18 bits per heavy atom. The van der Waals surface area contributed by atoms with Crippen molar-refractivity contribution in [1.82, 2.24) is 10.1 Å². The first-order valence-electron chi connectivity index (χ1n) is 5.54. The SMILES string of the molecule is Oc1ccsc1-c1nc(CC2CCCO2)no1. The molecule has 1 saturated heterocycles. The highest BCUT2D eigenvalue weighted by atomic mass is 32.1. The Balaban J connectivity index is 1.76. The Morgan fingerprint density at radius 2 is 2.47 bits per heavy atom. The molecular weight excluding hydrogens is 240 g/mol. The summed E-state index contributed by atoms with van der Waals surface area (Å²) >= 11 is 1.38. The van der Waals surface area contributed by atoms with Crippen LogP contribution in [-0.4, -0.2) is 28.0 Å². The van der Waals surface area contributed by atoms with Gasteiger partial charge in [0.05, 0.1) is 6.10 Å². The number of thiophene rings is 1. The van der Waals surface area contributed by atoms with Crippen LogP contribution in [0.1, 0.15) is 18.7 Å². The molecular formula is C11H12N2O3S. The number of aromatic hydroxyl groups is 1. The molecule has 6 heteroatoms. The summed E-state index contributed by atoms with van der Waals surface area (Å²) in [5.74, 6) is 1.20. The highest BCUT2D eigenvalue weighted by Gasteiger charge is 2.20. The summed E-state index contributed by atoms with van der Waals surface area (Å²) in [7, 11) is 0. The molecule has 5 nitrogen and oxygen atoms in total. The van der Waals surface area contributed by atoms with E-state index in [9.17, 15) is 5.11 Å². The third kappa shape index (κ3) is 2.18. The summed E-state index contributed by atoms with van der Waals surface area (Å²) in [4.78, 5) is 4.89. The van der Waals surface area contributed by atoms with E-state index < -0.39 is 0 Å². The summed E-state index contributed by atoms with van der Waals surface area (Å²) in [6, 6.07) is 1.62. The summed E-state index contributed by atoms with van der Waals surface area (Å²) in [6.45, 7) is 0.821. The van der Waals surface area contributed by atoms with Crippen molar-refractivity contribution < 1.29 is 14.4 Å². The molecule has 0 bridgehead atoms. The van der Waals surface area contributed by atoms with E-state index >= 15 is 0 Å². The molecule has 1 N–H and O–H groups in total. The van der Waals surface area contributed by atoms with Crippen molar-refractivity contribution in [2.24, 2.45) is 0 Å². The number of aromatic nitrogens is 2. The number of nitrogens with zero attached hydrogens (tertiary/aromatic N) is 2.